The molecule has 1 saturated carbocycles. The number of aryl methyl sites for hydroxylation is 3. The van der Waals surface area contributed by atoms with E-state index in [1.165, 1.54) is 44.5 Å². The summed E-state index contributed by atoms with van der Waals surface area (Å²) < 4.78 is 0. The van der Waals surface area contributed by atoms with Gasteiger partial charge in [0.25, 0.3) is 0 Å². The molecule has 0 aliphatic heterocycles. The molecule has 0 amide bonds. The van der Waals surface area contributed by atoms with Gasteiger partial charge < -0.3 is 5.11 Å². The molecule has 3 heteroatoms. The average Bonchev–Trinajstić information content (AvgIpc) is 3.36. The quantitative estimate of drug-likeness (QED) is 0.150. The van der Waals surface area contributed by atoms with Gasteiger partial charge in [-0.05, 0) is 103 Å². The molecule has 1 N–H and O–H groups in total. The molecule has 0 spiro atoms. The molecular formula is C35H46O3. The molecule has 0 bridgehead atoms. The lowest BCUT2D eigenvalue weighted by Gasteiger charge is -2.34. The maximum atomic E-state index is 10.8. The van der Waals surface area contributed by atoms with Crippen LogP contribution in [0.1, 0.15) is 92.2 Å². The van der Waals surface area contributed by atoms with Crippen molar-refractivity contribution in [3.8, 4) is 11.1 Å². The fraction of sp³-hybridized carbons (Fsp3) is 0.486. The molecule has 38 heavy (non-hydrogen) atoms. The Morgan fingerprint density at radius 3 is 2.03 bits per heavy atom. The number of hydrogen-bond acceptors (Lipinski definition) is 3. The van der Waals surface area contributed by atoms with E-state index in [-0.39, 0.29) is 5.41 Å². The summed E-state index contributed by atoms with van der Waals surface area (Å²) in [5.74, 6) is 0. The predicted octanol–water partition coefficient (Wildman–Crippen LogP) is 8.43. The van der Waals surface area contributed by atoms with Gasteiger partial charge in [0.1, 0.15) is 0 Å². The summed E-state index contributed by atoms with van der Waals surface area (Å²) in [6.07, 6.45) is 9.03. The van der Waals surface area contributed by atoms with Crippen LogP contribution < -0.4 is 0 Å². The van der Waals surface area contributed by atoms with Gasteiger partial charge in [0.15, 0.2) is 0 Å². The summed E-state index contributed by atoms with van der Waals surface area (Å²) in [6, 6.07) is 22.9. The van der Waals surface area contributed by atoms with Gasteiger partial charge >= 0.3 is 0 Å². The molecule has 3 aromatic rings. The largest absolute Gasteiger partial charge is 0.390 e. The molecule has 0 heterocycles. The van der Waals surface area contributed by atoms with Gasteiger partial charge in [-0.1, -0.05) is 87.4 Å². The first kappa shape index (κ1) is 28.5. The zero-order valence-corrected chi connectivity index (χ0v) is 24.1. The lowest BCUT2D eigenvalue weighted by atomic mass is 9.69. The Bertz CT molecular complexity index is 1180. The van der Waals surface area contributed by atoms with E-state index in [0.717, 1.165) is 57.8 Å². The molecule has 204 valence electrons. The highest BCUT2D eigenvalue weighted by Crippen LogP contribution is 2.41. The third-order valence-corrected chi connectivity index (χ3v) is 9.13. The Balaban J connectivity index is 1.56. The molecular weight excluding hydrogens is 468 g/mol. The van der Waals surface area contributed by atoms with Gasteiger partial charge in [-0.25, -0.2) is 9.78 Å². The van der Waals surface area contributed by atoms with E-state index in [4.69, 9.17) is 9.78 Å². The number of aliphatic hydroxyl groups is 1. The summed E-state index contributed by atoms with van der Waals surface area (Å²) in [7, 11) is 1.54. The minimum atomic E-state index is -0.445. The van der Waals surface area contributed by atoms with E-state index >= 15 is 0 Å². The highest BCUT2D eigenvalue weighted by molar-refractivity contribution is 5.68. The van der Waals surface area contributed by atoms with Crippen LogP contribution in [0.4, 0.5) is 0 Å². The Morgan fingerprint density at radius 2 is 1.45 bits per heavy atom. The molecule has 1 fully saturated rings. The summed E-state index contributed by atoms with van der Waals surface area (Å²) in [5, 5.41) is 10.8. The fourth-order valence-electron chi connectivity index (χ4n) is 6.54. The summed E-state index contributed by atoms with van der Waals surface area (Å²) >= 11 is 0. The van der Waals surface area contributed by atoms with Crippen LogP contribution in [0.5, 0.6) is 0 Å². The third kappa shape index (κ3) is 6.22. The zero-order chi connectivity index (χ0) is 27.2. The highest BCUT2D eigenvalue weighted by atomic mass is 17.2. The minimum Gasteiger partial charge on any atom is -0.390 e. The molecule has 0 aromatic heterocycles. The molecule has 0 atom stereocenters. The topological polar surface area (TPSA) is 38.7 Å². The second-order valence-electron chi connectivity index (χ2n) is 11.3. The summed E-state index contributed by atoms with van der Waals surface area (Å²) in [4.78, 5) is 9.71. The van der Waals surface area contributed by atoms with Crippen molar-refractivity contribution in [2.75, 3.05) is 13.7 Å². The monoisotopic (exact) mass is 514 g/mol. The van der Waals surface area contributed by atoms with Crippen molar-refractivity contribution in [2.24, 2.45) is 0 Å². The molecule has 4 rings (SSSR count). The first-order valence-corrected chi connectivity index (χ1v) is 14.5. The van der Waals surface area contributed by atoms with Gasteiger partial charge in [0.05, 0.1) is 19.3 Å². The molecule has 0 saturated heterocycles. The van der Waals surface area contributed by atoms with Crippen molar-refractivity contribution in [2.45, 2.75) is 96.5 Å². The van der Waals surface area contributed by atoms with Crippen LogP contribution >= 0.6 is 0 Å². The predicted molar refractivity (Wildman–Crippen MR) is 158 cm³/mol. The van der Waals surface area contributed by atoms with E-state index < -0.39 is 5.60 Å². The van der Waals surface area contributed by atoms with Crippen LogP contribution in [0, 0.1) is 13.8 Å². The van der Waals surface area contributed by atoms with E-state index in [1.807, 2.05) is 0 Å². The standard InChI is InChI=1S/C35H46O3/c1-6-35(7-2,31-15-14-29(26(3)24-31)18-22-34(36)20-8-9-21-34)32-16-17-33(27(4)25-32)30-12-10-28(11-13-30)19-23-38-37-5/h10-17,24-25,36H,6-9,18-23H2,1-5H3. The van der Waals surface area contributed by atoms with Crippen LogP contribution in [0.2, 0.25) is 0 Å². The van der Waals surface area contributed by atoms with E-state index in [9.17, 15) is 5.11 Å². The molecule has 1 aliphatic rings. The molecule has 3 nitrogen and oxygen atoms in total. The van der Waals surface area contributed by atoms with E-state index in [1.54, 1.807) is 7.11 Å². The van der Waals surface area contributed by atoms with Crippen molar-refractivity contribution in [3.05, 3.63) is 94.0 Å². The second kappa shape index (κ2) is 12.6. The van der Waals surface area contributed by atoms with Crippen LogP contribution in [0.25, 0.3) is 11.1 Å². The van der Waals surface area contributed by atoms with E-state index in [2.05, 4.69) is 88.4 Å². The number of rotatable bonds is 12. The first-order chi connectivity index (χ1) is 18.3. The van der Waals surface area contributed by atoms with Crippen molar-refractivity contribution in [1.82, 2.24) is 0 Å². The third-order valence-electron chi connectivity index (χ3n) is 9.13. The molecule has 0 radical (unpaired) electrons. The Hall–Kier alpha value is -2.46. The zero-order valence-electron chi connectivity index (χ0n) is 24.1. The Morgan fingerprint density at radius 1 is 0.816 bits per heavy atom. The van der Waals surface area contributed by atoms with Crippen LogP contribution in [-0.2, 0) is 28.0 Å². The van der Waals surface area contributed by atoms with E-state index in [0.29, 0.717) is 6.61 Å². The lowest BCUT2D eigenvalue weighted by molar-refractivity contribution is -0.271. The average molecular weight is 515 g/mol. The maximum absolute atomic E-state index is 10.8. The van der Waals surface area contributed by atoms with Crippen molar-refractivity contribution in [1.29, 1.82) is 0 Å². The highest BCUT2D eigenvalue weighted by Gasteiger charge is 2.33. The number of benzene rings is 3. The molecule has 3 aromatic carbocycles. The summed E-state index contributed by atoms with van der Waals surface area (Å²) in [5.41, 5.74) is 10.1. The van der Waals surface area contributed by atoms with Gasteiger partial charge in [0.2, 0.25) is 0 Å². The van der Waals surface area contributed by atoms with Gasteiger partial charge in [-0.2, -0.15) is 0 Å². The Kier molecular flexibility index (Phi) is 9.46. The first-order valence-electron chi connectivity index (χ1n) is 14.5. The number of hydrogen-bond donors (Lipinski definition) is 1. The second-order valence-corrected chi connectivity index (χ2v) is 11.3. The minimum absolute atomic E-state index is 0.0125. The summed E-state index contributed by atoms with van der Waals surface area (Å²) in [6.45, 7) is 9.67. The van der Waals surface area contributed by atoms with Crippen molar-refractivity contribution >= 4 is 0 Å². The van der Waals surface area contributed by atoms with Crippen molar-refractivity contribution < 1.29 is 14.9 Å². The maximum Gasteiger partial charge on any atom is 0.0862 e. The smallest absolute Gasteiger partial charge is 0.0862 e. The van der Waals surface area contributed by atoms with Crippen LogP contribution in [0.15, 0.2) is 60.7 Å². The normalized spacial score (nSPS) is 15.2. The molecule has 0 unspecified atom stereocenters. The van der Waals surface area contributed by atoms with Crippen LogP contribution in [-0.4, -0.2) is 24.4 Å². The molecule has 1 aliphatic carbocycles. The lowest BCUT2D eigenvalue weighted by Crippen LogP contribution is -2.27. The van der Waals surface area contributed by atoms with Crippen molar-refractivity contribution in [3.63, 3.8) is 0 Å². The van der Waals surface area contributed by atoms with Gasteiger partial charge in [-0.3, -0.25) is 0 Å². The fourth-order valence-corrected chi connectivity index (χ4v) is 6.54. The SMILES string of the molecule is CCC(CC)(c1ccc(CCC2(O)CCCC2)c(C)c1)c1ccc(-c2ccc(CCOOC)cc2)c(C)c1. The van der Waals surface area contributed by atoms with Gasteiger partial charge in [-0.15, -0.1) is 0 Å². The Labute approximate surface area is 230 Å². The van der Waals surface area contributed by atoms with Gasteiger partial charge in [0, 0.05) is 5.41 Å². The van der Waals surface area contributed by atoms with Crippen LogP contribution in [0.3, 0.4) is 0 Å².